The van der Waals surface area contributed by atoms with Gasteiger partial charge in [0, 0.05) is 23.2 Å². The Morgan fingerprint density at radius 1 is 1.28 bits per heavy atom. The highest BCUT2D eigenvalue weighted by Crippen LogP contribution is 2.46. The number of aliphatic imine (C=N–C) groups is 1. The second kappa shape index (κ2) is 5.44. The standard InChI is InChI=1S/C16H22ClN/c1-12(2)11-15(18-3)16(9-4-10-16)13-5-7-14(17)8-6-13/h5-8,12H,4,9-11H2,1-3H3. The smallest absolute Gasteiger partial charge is 0.0406 e. The van der Waals surface area contributed by atoms with Gasteiger partial charge in [-0.3, -0.25) is 4.99 Å². The lowest BCUT2D eigenvalue weighted by Gasteiger charge is -2.44. The normalized spacial score (nSPS) is 18.8. The third-order valence-electron chi connectivity index (χ3n) is 4.03. The van der Waals surface area contributed by atoms with Crippen LogP contribution in [0.3, 0.4) is 0 Å². The molecule has 0 radical (unpaired) electrons. The van der Waals surface area contributed by atoms with Gasteiger partial charge in [-0.2, -0.15) is 0 Å². The Kier molecular flexibility index (Phi) is 4.11. The summed E-state index contributed by atoms with van der Waals surface area (Å²) in [6, 6.07) is 8.35. The first-order valence-electron chi connectivity index (χ1n) is 6.80. The van der Waals surface area contributed by atoms with E-state index in [1.807, 2.05) is 19.2 Å². The van der Waals surface area contributed by atoms with Gasteiger partial charge in [0.15, 0.2) is 0 Å². The third kappa shape index (κ3) is 2.47. The lowest BCUT2D eigenvalue weighted by Crippen LogP contribution is -2.43. The average Bonchev–Trinajstić information content (AvgIpc) is 2.28. The van der Waals surface area contributed by atoms with Gasteiger partial charge in [-0.05, 0) is 42.9 Å². The largest absolute Gasteiger partial charge is 0.297 e. The molecule has 1 fully saturated rings. The summed E-state index contributed by atoms with van der Waals surface area (Å²) < 4.78 is 0. The van der Waals surface area contributed by atoms with Crippen molar-refractivity contribution in [3.63, 3.8) is 0 Å². The maximum atomic E-state index is 5.99. The Bertz CT molecular complexity index is 427. The molecule has 0 aromatic heterocycles. The van der Waals surface area contributed by atoms with Crippen LogP contribution in [0.1, 0.15) is 45.1 Å². The van der Waals surface area contributed by atoms with Crippen LogP contribution in [0.2, 0.25) is 5.02 Å². The number of hydrogen-bond donors (Lipinski definition) is 0. The maximum Gasteiger partial charge on any atom is 0.0406 e. The van der Waals surface area contributed by atoms with E-state index in [9.17, 15) is 0 Å². The number of benzene rings is 1. The van der Waals surface area contributed by atoms with Gasteiger partial charge in [0.05, 0.1) is 0 Å². The van der Waals surface area contributed by atoms with Gasteiger partial charge in [0.1, 0.15) is 0 Å². The molecule has 0 N–H and O–H groups in total. The fourth-order valence-electron chi connectivity index (χ4n) is 2.93. The minimum atomic E-state index is 0.198. The summed E-state index contributed by atoms with van der Waals surface area (Å²) in [5.74, 6) is 0.661. The van der Waals surface area contributed by atoms with Crippen molar-refractivity contribution in [1.29, 1.82) is 0 Å². The molecule has 1 aliphatic carbocycles. The molecule has 1 aliphatic rings. The minimum absolute atomic E-state index is 0.198. The van der Waals surface area contributed by atoms with E-state index < -0.39 is 0 Å². The molecule has 18 heavy (non-hydrogen) atoms. The van der Waals surface area contributed by atoms with Crippen molar-refractivity contribution in [2.24, 2.45) is 10.9 Å². The maximum absolute atomic E-state index is 5.99. The highest BCUT2D eigenvalue weighted by Gasteiger charge is 2.42. The van der Waals surface area contributed by atoms with E-state index in [4.69, 9.17) is 11.6 Å². The van der Waals surface area contributed by atoms with Gasteiger partial charge in [-0.1, -0.05) is 44.0 Å². The van der Waals surface area contributed by atoms with Gasteiger partial charge >= 0.3 is 0 Å². The highest BCUT2D eigenvalue weighted by atomic mass is 35.5. The SMILES string of the molecule is CN=C(CC(C)C)C1(c2ccc(Cl)cc2)CCC1. The molecule has 2 heteroatoms. The predicted molar refractivity (Wildman–Crippen MR) is 79.8 cm³/mol. The van der Waals surface area contributed by atoms with Crippen LogP contribution < -0.4 is 0 Å². The third-order valence-corrected chi connectivity index (χ3v) is 4.28. The zero-order valence-electron chi connectivity index (χ0n) is 11.5. The first-order chi connectivity index (χ1) is 8.58. The molecule has 2 rings (SSSR count). The van der Waals surface area contributed by atoms with Crippen LogP contribution >= 0.6 is 11.6 Å². The average molecular weight is 264 g/mol. The van der Waals surface area contributed by atoms with Gasteiger partial charge in [0.2, 0.25) is 0 Å². The molecule has 0 aliphatic heterocycles. The van der Waals surface area contributed by atoms with Gasteiger partial charge in [-0.25, -0.2) is 0 Å². The highest BCUT2D eigenvalue weighted by molar-refractivity contribution is 6.30. The van der Waals surface area contributed by atoms with E-state index >= 15 is 0 Å². The van der Waals surface area contributed by atoms with Crippen molar-refractivity contribution in [1.82, 2.24) is 0 Å². The fourth-order valence-corrected chi connectivity index (χ4v) is 3.06. The first-order valence-corrected chi connectivity index (χ1v) is 7.18. The minimum Gasteiger partial charge on any atom is -0.297 e. The van der Waals surface area contributed by atoms with Gasteiger partial charge in [0.25, 0.3) is 0 Å². The van der Waals surface area contributed by atoms with Crippen LogP contribution in [-0.2, 0) is 5.41 Å². The van der Waals surface area contributed by atoms with Crippen molar-refractivity contribution in [3.05, 3.63) is 34.9 Å². The molecule has 1 aromatic rings. The van der Waals surface area contributed by atoms with E-state index in [1.165, 1.54) is 30.5 Å². The molecule has 0 amide bonds. The summed E-state index contributed by atoms with van der Waals surface area (Å²) in [4.78, 5) is 4.60. The molecule has 0 spiro atoms. The number of halogens is 1. The summed E-state index contributed by atoms with van der Waals surface area (Å²) >= 11 is 5.99. The summed E-state index contributed by atoms with van der Waals surface area (Å²) in [6.07, 6.45) is 4.86. The molecular weight excluding hydrogens is 242 g/mol. The van der Waals surface area contributed by atoms with Crippen molar-refractivity contribution in [3.8, 4) is 0 Å². The molecule has 1 nitrogen and oxygen atoms in total. The molecule has 0 atom stereocenters. The fraction of sp³-hybridized carbons (Fsp3) is 0.562. The Morgan fingerprint density at radius 2 is 1.89 bits per heavy atom. The zero-order valence-corrected chi connectivity index (χ0v) is 12.3. The molecular formula is C16H22ClN. The summed E-state index contributed by atoms with van der Waals surface area (Å²) in [5.41, 5.74) is 2.95. The topological polar surface area (TPSA) is 12.4 Å². The van der Waals surface area contributed by atoms with Crippen LogP contribution in [0, 0.1) is 5.92 Å². The molecule has 0 saturated heterocycles. The van der Waals surface area contributed by atoms with E-state index in [-0.39, 0.29) is 5.41 Å². The second-order valence-corrected chi connectivity index (χ2v) is 6.15. The Hall–Kier alpha value is -0.820. The summed E-state index contributed by atoms with van der Waals surface area (Å²) in [6.45, 7) is 4.53. The molecule has 1 aromatic carbocycles. The van der Waals surface area contributed by atoms with Crippen molar-refractivity contribution >= 4 is 17.3 Å². The Balaban J connectivity index is 2.32. The van der Waals surface area contributed by atoms with Crippen LogP contribution in [0.4, 0.5) is 0 Å². The van der Waals surface area contributed by atoms with Gasteiger partial charge in [-0.15, -0.1) is 0 Å². The van der Waals surface area contributed by atoms with Crippen LogP contribution in [0.25, 0.3) is 0 Å². The Morgan fingerprint density at radius 3 is 2.28 bits per heavy atom. The molecule has 0 unspecified atom stereocenters. The molecule has 0 heterocycles. The van der Waals surface area contributed by atoms with Crippen LogP contribution in [-0.4, -0.2) is 12.8 Å². The van der Waals surface area contributed by atoms with E-state index in [1.54, 1.807) is 0 Å². The molecule has 0 bridgehead atoms. The monoisotopic (exact) mass is 263 g/mol. The van der Waals surface area contributed by atoms with Crippen molar-refractivity contribution in [2.75, 3.05) is 7.05 Å². The summed E-state index contributed by atoms with van der Waals surface area (Å²) in [5, 5.41) is 0.812. The van der Waals surface area contributed by atoms with E-state index in [0.717, 1.165) is 11.4 Å². The lowest BCUT2D eigenvalue weighted by molar-refractivity contribution is 0.332. The zero-order chi connectivity index (χ0) is 13.2. The predicted octanol–water partition coefficient (Wildman–Crippen LogP) is 4.88. The lowest BCUT2D eigenvalue weighted by atomic mass is 9.60. The molecule has 98 valence electrons. The number of nitrogens with zero attached hydrogens (tertiary/aromatic N) is 1. The number of hydrogen-bond acceptors (Lipinski definition) is 1. The summed E-state index contributed by atoms with van der Waals surface area (Å²) in [7, 11) is 1.94. The Labute approximate surface area is 115 Å². The quantitative estimate of drug-likeness (QED) is 0.687. The van der Waals surface area contributed by atoms with E-state index in [0.29, 0.717) is 5.92 Å². The molecule has 1 saturated carbocycles. The van der Waals surface area contributed by atoms with Gasteiger partial charge < -0.3 is 0 Å². The van der Waals surface area contributed by atoms with Crippen molar-refractivity contribution < 1.29 is 0 Å². The van der Waals surface area contributed by atoms with Crippen LogP contribution in [0.5, 0.6) is 0 Å². The van der Waals surface area contributed by atoms with E-state index in [2.05, 4.69) is 31.0 Å². The van der Waals surface area contributed by atoms with Crippen molar-refractivity contribution in [2.45, 2.75) is 44.9 Å². The second-order valence-electron chi connectivity index (χ2n) is 5.71. The number of rotatable bonds is 4. The van der Waals surface area contributed by atoms with Crippen LogP contribution in [0.15, 0.2) is 29.3 Å². The first kappa shape index (κ1) is 13.6.